The maximum absolute atomic E-state index is 13.1. The first-order chi connectivity index (χ1) is 7.77. The van der Waals surface area contributed by atoms with Crippen molar-refractivity contribution in [2.75, 3.05) is 31.1 Å². The fraction of sp³-hybridized carbons (Fsp3) is 0.538. The normalized spacial score (nSPS) is 10.4. The van der Waals surface area contributed by atoms with Gasteiger partial charge in [-0.1, -0.05) is 13.0 Å². The van der Waals surface area contributed by atoms with Crippen LogP contribution in [0.4, 0.5) is 10.1 Å². The lowest BCUT2D eigenvalue weighted by molar-refractivity contribution is 0.624. The van der Waals surface area contributed by atoms with Crippen molar-refractivity contribution in [2.24, 2.45) is 0 Å². The molecule has 0 saturated heterocycles. The first kappa shape index (κ1) is 13.0. The lowest BCUT2D eigenvalue weighted by atomic mass is 10.2. The molecule has 1 aromatic carbocycles. The largest absolute Gasteiger partial charge is 0.372 e. The molecule has 0 atom stereocenters. The molecule has 0 aromatic heterocycles. The van der Waals surface area contributed by atoms with Gasteiger partial charge in [-0.25, -0.2) is 4.39 Å². The fourth-order valence-electron chi connectivity index (χ4n) is 1.71. The second kappa shape index (κ2) is 7.23. The molecule has 0 spiro atoms. The summed E-state index contributed by atoms with van der Waals surface area (Å²) in [7, 11) is 0. The smallest absolute Gasteiger partial charge is 0.125 e. The molecule has 0 bridgehead atoms. The van der Waals surface area contributed by atoms with E-state index in [0.717, 1.165) is 38.3 Å². The van der Waals surface area contributed by atoms with Gasteiger partial charge < -0.3 is 10.2 Å². The SMILES string of the molecule is CCNCCCN(CC)c1cccc(F)c1. The Morgan fingerprint density at radius 2 is 2.12 bits per heavy atom. The number of anilines is 1. The molecule has 0 aliphatic carbocycles. The van der Waals surface area contributed by atoms with E-state index in [9.17, 15) is 4.39 Å². The van der Waals surface area contributed by atoms with Gasteiger partial charge in [0.2, 0.25) is 0 Å². The van der Waals surface area contributed by atoms with Crippen LogP contribution in [-0.2, 0) is 0 Å². The van der Waals surface area contributed by atoms with E-state index < -0.39 is 0 Å². The minimum Gasteiger partial charge on any atom is -0.372 e. The van der Waals surface area contributed by atoms with Crippen molar-refractivity contribution in [1.82, 2.24) is 5.32 Å². The molecule has 0 saturated carbocycles. The van der Waals surface area contributed by atoms with Crippen LogP contribution in [0.25, 0.3) is 0 Å². The molecular formula is C13H21FN2. The zero-order valence-corrected chi connectivity index (χ0v) is 10.2. The standard InChI is InChI=1S/C13H21FN2/c1-3-15-9-6-10-16(4-2)13-8-5-7-12(14)11-13/h5,7-8,11,15H,3-4,6,9-10H2,1-2H3. The number of benzene rings is 1. The van der Waals surface area contributed by atoms with Gasteiger partial charge in [0, 0.05) is 18.8 Å². The quantitative estimate of drug-likeness (QED) is 0.716. The molecule has 0 aliphatic rings. The Labute approximate surface area is 97.5 Å². The van der Waals surface area contributed by atoms with Crippen LogP contribution in [0.1, 0.15) is 20.3 Å². The molecule has 1 aromatic rings. The van der Waals surface area contributed by atoms with Gasteiger partial charge in [-0.3, -0.25) is 0 Å². The topological polar surface area (TPSA) is 15.3 Å². The highest BCUT2D eigenvalue weighted by Gasteiger charge is 2.04. The Morgan fingerprint density at radius 3 is 2.75 bits per heavy atom. The Morgan fingerprint density at radius 1 is 1.31 bits per heavy atom. The molecule has 2 nitrogen and oxygen atoms in total. The lowest BCUT2D eigenvalue weighted by Crippen LogP contribution is -2.27. The molecule has 3 heteroatoms. The number of hydrogen-bond donors (Lipinski definition) is 1. The number of hydrogen-bond acceptors (Lipinski definition) is 2. The molecule has 1 N–H and O–H groups in total. The Kier molecular flexibility index (Phi) is 5.86. The second-order valence-electron chi connectivity index (χ2n) is 3.77. The first-order valence-corrected chi connectivity index (χ1v) is 5.99. The number of nitrogens with one attached hydrogen (secondary N) is 1. The van der Waals surface area contributed by atoms with Crippen molar-refractivity contribution in [3.8, 4) is 0 Å². The molecule has 0 amide bonds. The summed E-state index contributed by atoms with van der Waals surface area (Å²) in [6.45, 7) is 8.10. The third-order valence-electron chi connectivity index (χ3n) is 2.59. The first-order valence-electron chi connectivity index (χ1n) is 5.99. The highest BCUT2D eigenvalue weighted by Crippen LogP contribution is 2.15. The monoisotopic (exact) mass is 224 g/mol. The zero-order valence-electron chi connectivity index (χ0n) is 10.2. The van der Waals surface area contributed by atoms with Crippen molar-refractivity contribution in [3.63, 3.8) is 0 Å². The van der Waals surface area contributed by atoms with Crippen LogP contribution >= 0.6 is 0 Å². The summed E-state index contributed by atoms with van der Waals surface area (Å²) < 4.78 is 13.1. The Hall–Kier alpha value is -1.09. The molecular weight excluding hydrogens is 203 g/mol. The van der Waals surface area contributed by atoms with E-state index >= 15 is 0 Å². The van der Waals surface area contributed by atoms with Gasteiger partial charge in [0.25, 0.3) is 0 Å². The van der Waals surface area contributed by atoms with E-state index in [4.69, 9.17) is 0 Å². The Bertz CT molecular complexity index is 302. The maximum Gasteiger partial charge on any atom is 0.125 e. The Balaban J connectivity index is 2.47. The van der Waals surface area contributed by atoms with E-state index in [0.29, 0.717) is 0 Å². The van der Waals surface area contributed by atoms with Crippen LogP contribution in [0.15, 0.2) is 24.3 Å². The summed E-state index contributed by atoms with van der Waals surface area (Å²) >= 11 is 0. The highest BCUT2D eigenvalue weighted by molar-refractivity contribution is 5.46. The molecule has 16 heavy (non-hydrogen) atoms. The molecule has 90 valence electrons. The molecule has 0 radical (unpaired) electrons. The summed E-state index contributed by atoms with van der Waals surface area (Å²) in [6.07, 6.45) is 1.08. The van der Waals surface area contributed by atoms with Gasteiger partial charge in [-0.15, -0.1) is 0 Å². The van der Waals surface area contributed by atoms with Crippen LogP contribution in [-0.4, -0.2) is 26.2 Å². The van der Waals surface area contributed by atoms with Gasteiger partial charge in [-0.05, 0) is 44.6 Å². The van der Waals surface area contributed by atoms with Gasteiger partial charge in [-0.2, -0.15) is 0 Å². The lowest BCUT2D eigenvalue weighted by Gasteiger charge is -2.23. The van der Waals surface area contributed by atoms with Crippen molar-refractivity contribution < 1.29 is 4.39 Å². The van der Waals surface area contributed by atoms with Crippen LogP contribution in [0.2, 0.25) is 0 Å². The molecule has 0 heterocycles. The van der Waals surface area contributed by atoms with E-state index in [1.165, 1.54) is 6.07 Å². The van der Waals surface area contributed by atoms with Crippen molar-refractivity contribution >= 4 is 5.69 Å². The summed E-state index contributed by atoms with van der Waals surface area (Å²) in [5.41, 5.74) is 0.971. The van der Waals surface area contributed by atoms with Gasteiger partial charge in [0.1, 0.15) is 5.82 Å². The zero-order chi connectivity index (χ0) is 11.8. The molecule has 0 fully saturated rings. The predicted molar refractivity (Wildman–Crippen MR) is 67.4 cm³/mol. The van der Waals surface area contributed by atoms with E-state index in [-0.39, 0.29) is 5.82 Å². The van der Waals surface area contributed by atoms with Crippen molar-refractivity contribution in [3.05, 3.63) is 30.1 Å². The molecule has 0 aliphatic heterocycles. The van der Waals surface area contributed by atoms with Crippen LogP contribution in [0, 0.1) is 5.82 Å². The minimum absolute atomic E-state index is 0.164. The summed E-state index contributed by atoms with van der Waals surface area (Å²) in [5.74, 6) is -0.164. The van der Waals surface area contributed by atoms with Crippen molar-refractivity contribution in [1.29, 1.82) is 0 Å². The number of rotatable bonds is 7. The third kappa shape index (κ3) is 4.19. The van der Waals surface area contributed by atoms with Crippen LogP contribution < -0.4 is 10.2 Å². The third-order valence-corrected chi connectivity index (χ3v) is 2.59. The van der Waals surface area contributed by atoms with Crippen LogP contribution in [0.3, 0.4) is 0 Å². The predicted octanol–water partition coefficient (Wildman–Crippen LogP) is 2.65. The van der Waals surface area contributed by atoms with E-state index in [2.05, 4.69) is 24.1 Å². The minimum atomic E-state index is -0.164. The van der Waals surface area contributed by atoms with Gasteiger partial charge in [0.15, 0.2) is 0 Å². The number of nitrogens with zero attached hydrogens (tertiary/aromatic N) is 1. The van der Waals surface area contributed by atoms with Crippen molar-refractivity contribution in [2.45, 2.75) is 20.3 Å². The van der Waals surface area contributed by atoms with E-state index in [1.54, 1.807) is 12.1 Å². The summed E-state index contributed by atoms with van der Waals surface area (Å²) in [4.78, 5) is 2.19. The average molecular weight is 224 g/mol. The van der Waals surface area contributed by atoms with E-state index in [1.807, 2.05) is 6.07 Å². The fourth-order valence-corrected chi connectivity index (χ4v) is 1.71. The maximum atomic E-state index is 13.1. The average Bonchev–Trinajstić information content (AvgIpc) is 2.29. The van der Waals surface area contributed by atoms with Gasteiger partial charge in [0.05, 0.1) is 0 Å². The van der Waals surface area contributed by atoms with Crippen LogP contribution in [0.5, 0.6) is 0 Å². The second-order valence-corrected chi connectivity index (χ2v) is 3.77. The molecule has 1 rings (SSSR count). The van der Waals surface area contributed by atoms with Gasteiger partial charge >= 0.3 is 0 Å². The highest BCUT2D eigenvalue weighted by atomic mass is 19.1. The summed E-state index contributed by atoms with van der Waals surface area (Å²) in [5, 5.41) is 3.29. The summed E-state index contributed by atoms with van der Waals surface area (Å²) in [6, 6.07) is 6.80. The molecule has 0 unspecified atom stereocenters. The number of halogens is 1.